The van der Waals surface area contributed by atoms with Crippen molar-refractivity contribution >= 4 is 17.4 Å². The second kappa shape index (κ2) is 5.28. The predicted octanol–water partition coefficient (Wildman–Crippen LogP) is 2.02. The zero-order valence-electron chi connectivity index (χ0n) is 10.8. The average molecular weight is 268 g/mol. The maximum absolute atomic E-state index is 11.8. The monoisotopic (exact) mass is 268 g/mol. The zero-order chi connectivity index (χ0) is 13.2. The molecular formula is C13H20N2O2S. The summed E-state index contributed by atoms with van der Waals surface area (Å²) in [5.74, 6) is 0.414. The lowest BCUT2D eigenvalue weighted by molar-refractivity contribution is 0.155. The molecule has 2 amide bonds. The van der Waals surface area contributed by atoms with Crippen molar-refractivity contribution in [3.8, 4) is 0 Å². The lowest BCUT2D eigenvalue weighted by Crippen LogP contribution is -2.53. The van der Waals surface area contributed by atoms with Crippen LogP contribution in [0.15, 0.2) is 11.4 Å². The molecule has 0 aliphatic heterocycles. The minimum atomic E-state index is -0.478. The van der Waals surface area contributed by atoms with Crippen molar-refractivity contribution in [1.29, 1.82) is 0 Å². The van der Waals surface area contributed by atoms with Crippen molar-refractivity contribution in [2.24, 2.45) is 5.92 Å². The van der Waals surface area contributed by atoms with Crippen LogP contribution in [0.2, 0.25) is 0 Å². The molecule has 0 radical (unpaired) electrons. The van der Waals surface area contributed by atoms with Crippen molar-refractivity contribution in [3.63, 3.8) is 0 Å². The van der Waals surface area contributed by atoms with E-state index >= 15 is 0 Å². The fourth-order valence-electron chi connectivity index (χ4n) is 2.04. The van der Waals surface area contributed by atoms with Gasteiger partial charge in [0.1, 0.15) is 0 Å². The van der Waals surface area contributed by atoms with Gasteiger partial charge in [-0.15, -0.1) is 11.3 Å². The molecule has 1 aliphatic carbocycles. The van der Waals surface area contributed by atoms with E-state index in [2.05, 4.69) is 10.6 Å². The Kier molecular flexibility index (Phi) is 3.92. The van der Waals surface area contributed by atoms with E-state index in [0.29, 0.717) is 12.5 Å². The fourth-order valence-corrected chi connectivity index (χ4v) is 2.89. The number of nitrogens with one attached hydrogen (secondary N) is 2. The molecular weight excluding hydrogens is 248 g/mol. The average Bonchev–Trinajstić information content (AvgIpc) is 3.12. The molecule has 1 saturated carbocycles. The van der Waals surface area contributed by atoms with E-state index in [1.807, 2.05) is 25.3 Å². The Balaban J connectivity index is 1.83. The van der Waals surface area contributed by atoms with Crippen molar-refractivity contribution in [3.05, 3.63) is 21.9 Å². The molecule has 1 heterocycles. The Hall–Kier alpha value is -1.07. The van der Waals surface area contributed by atoms with Crippen LogP contribution in [0.3, 0.4) is 0 Å². The first-order valence-corrected chi connectivity index (χ1v) is 7.13. The Morgan fingerprint density at radius 2 is 2.33 bits per heavy atom. The van der Waals surface area contributed by atoms with Gasteiger partial charge >= 0.3 is 6.03 Å². The van der Waals surface area contributed by atoms with Crippen molar-refractivity contribution in [2.75, 3.05) is 6.61 Å². The molecule has 0 saturated heterocycles. The Bertz CT molecular complexity index is 428. The SMILES string of the molecule is Cc1ccsc1CNC(=O)NC(C)(CO)C1CC1. The number of urea groups is 1. The van der Waals surface area contributed by atoms with Gasteiger partial charge in [-0.25, -0.2) is 4.79 Å². The molecule has 0 spiro atoms. The molecule has 2 rings (SSSR count). The molecule has 3 N–H and O–H groups in total. The molecule has 1 aliphatic rings. The topological polar surface area (TPSA) is 61.4 Å². The molecule has 4 nitrogen and oxygen atoms in total. The minimum Gasteiger partial charge on any atom is -0.394 e. The highest BCUT2D eigenvalue weighted by atomic mass is 32.1. The number of aryl methyl sites for hydroxylation is 1. The van der Waals surface area contributed by atoms with E-state index in [9.17, 15) is 9.90 Å². The summed E-state index contributed by atoms with van der Waals surface area (Å²) in [4.78, 5) is 13.0. The number of hydrogen-bond donors (Lipinski definition) is 3. The van der Waals surface area contributed by atoms with Crippen LogP contribution >= 0.6 is 11.3 Å². The third kappa shape index (κ3) is 3.03. The second-order valence-electron chi connectivity index (χ2n) is 5.18. The minimum absolute atomic E-state index is 0.0108. The molecule has 1 atom stereocenters. The van der Waals surface area contributed by atoms with Crippen LogP contribution in [0, 0.1) is 12.8 Å². The van der Waals surface area contributed by atoms with Gasteiger partial charge in [-0.1, -0.05) is 0 Å². The molecule has 1 unspecified atom stereocenters. The number of aliphatic hydroxyl groups is 1. The van der Waals surface area contributed by atoms with Crippen LogP contribution < -0.4 is 10.6 Å². The number of carbonyl (C=O) groups excluding carboxylic acids is 1. The number of thiophene rings is 1. The Morgan fingerprint density at radius 1 is 1.61 bits per heavy atom. The van der Waals surface area contributed by atoms with Gasteiger partial charge in [0, 0.05) is 4.88 Å². The molecule has 100 valence electrons. The molecule has 18 heavy (non-hydrogen) atoms. The summed E-state index contributed by atoms with van der Waals surface area (Å²) in [6, 6.07) is 1.84. The number of rotatable bonds is 5. The highest BCUT2D eigenvalue weighted by molar-refractivity contribution is 7.10. The van der Waals surface area contributed by atoms with Crippen LogP contribution in [0.4, 0.5) is 4.79 Å². The number of amides is 2. The summed E-state index contributed by atoms with van der Waals surface area (Å²) >= 11 is 1.64. The van der Waals surface area contributed by atoms with Gasteiger partial charge < -0.3 is 15.7 Å². The van der Waals surface area contributed by atoms with Crippen LogP contribution in [-0.2, 0) is 6.54 Å². The van der Waals surface area contributed by atoms with Crippen LogP contribution in [0.25, 0.3) is 0 Å². The number of hydrogen-bond acceptors (Lipinski definition) is 3. The van der Waals surface area contributed by atoms with Gasteiger partial charge in [0.2, 0.25) is 0 Å². The van der Waals surface area contributed by atoms with E-state index in [-0.39, 0.29) is 12.6 Å². The molecule has 5 heteroatoms. The lowest BCUT2D eigenvalue weighted by atomic mass is 9.97. The summed E-state index contributed by atoms with van der Waals surface area (Å²) in [6.45, 7) is 4.47. The predicted molar refractivity (Wildman–Crippen MR) is 72.6 cm³/mol. The van der Waals surface area contributed by atoms with E-state index in [1.165, 1.54) is 10.4 Å². The van der Waals surface area contributed by atoms with E-state index in [4.69, 9.17) is 0 Å². The summed E-state index contributed by atoms with van der Waals surface area (Å²) < 4.78 is 0. The van der Waals surface area contributed by atoms with Gasteiger partial charge in [0.15, 0.2) is 0 Å². The summed E-state index contributed by atoms with van der Waals surface area (Å²) in [6.07, 6.45) is 2.17. The van der Waals surface area contributed by atoms with Gasteiger partial charge in [-0.2, -0.15) is 0 Å². The van der Waals surface area contributed by atoms with Gasteiger partial charge in [-0.05, 0) is 49.6 Å². The van der Waals surface area contributed by atoms with Crippen LogP contribution in [0.1, 0.15) is 30.2 Å². The summed E-state index contributed by atoms with van der Waals surface area (Å²) in [5, 5.41) is 17.2. The highest BCUT2D eigenvalue weighted by Gasteiger charge is 2.42. The smallest absolute Gasteiger partial charge is 0.315 e. The molecule has 1 aromatic heterocycles. The second-order valence-corrected chi connectivity index (χ2v) is 6.18. The van der Waals surface area contributed by atoms with Gasteiger partial charge in [0.25, 0.3) is 0 Å². The lowest BCUT2D eigenvalue weighted by Gasteiger charge is -2.28. The standard InChI is InChI=1S/C13H20N2O2S/c1-9-5-6-18-11(9)7-14-12(17)15-13(2,8-16)10-3-4-10/h5-6,10,16H,3-4,7-8H2,1-2H3,(H2,14,15,17). The zero-order valence-corrected chi connectivity index (χ0v) is 11.6. The third-order valence-electron chi connectivity index (χ3n) is 3.58. The number of carbonyl (C=O) groups is 1. The first-order valence-electron chi connectivity index (χ1n) is 6.25. The number of aliphatic hydroxyl groups excluding tert-OH is 1. The first kappa shape index (κ1) is 13.4. The normalized spacial score (nSPS) is 18.2. The first-order chi connectivity index (χ1) is 8.55. The van der Waals surface area contributed by atoms with Gasteiger partial charge in [-0.3, -0.25) is 0 Å². The van der Waals surface area contributed by atoms with Crippen molar-refractivity contribution in [1.82, 2.24) is 10.6 Å². The van der Waals surface area contributed by atoms with Gasteiger partial charge in [0.05, 0.1) is 18.7 Å². The fraction of sp³-hybridized carbons (Fsp3) is 0.615. The largest absolute Gasteiger partial charge is 0.394 e. The Morgan fingerprint density at radius 3 is 2.83 bits per heavy atom. The Labute approximate surface area is 111 Å². The molecule has 1 fully saturated rings. The van der Waals surface area contributed by atoms with E-state index in [0.717, 1.165) is 12.8 Å². The van der Waals surface area contributed by atoms with Crippen LogP contribution in [-0.4, -0.2) is 23.3 Å². The molecule has 0 bridgehead atoms. The van der Waals surface area contributed by atoms with Crippen molar-refractivity contribution in [2.45, 2.75) is 38.8 Å². The summed E-state index contributed by atoms with van der Waals surface area (Å²) in [7, 11) is 0. The van der Waals surface area contributed by atoms with Crippen LogP contribution in [0.5, 0.6) is 0 Å². The third-order valence-corrected chi connectivity index (χ3v) is 4.61. The highest BCUT2D eigenvalue weighted by Crippen LogP contribution is 2.39. The van der Waals surface area contributed by atoms with E-state index < -0.39 is 5.54 Å². The maximum Gasteiger partial charge on any atom is 0.315 e. The molecule has 1 aromatic rings. The molecule has 0 aromatic carbocycles. The van der Waals surface area contributed by atoms with Crippen molar-refractivity contribution < 1.29 is 9.90 Å². The summed E-state index contributed by atoms with van der Waals surface area (Å²) in [5.41, 5.74) is 0.724. The van der Waals surface area contributed by atoms with E-state index in [1.54, 1.807) is 11.3 Å². The maximum atomic E-state index is 11.8. The quantitative estimate of drug-likeness (QED) is 0.765.